The number of anilines is 2. The van der Waals surface area contributed by atoms with Gasteiger partial charge in [-0.1, -0.05) is 13.8 Å². The quantitative estimate of drug-likeness (QED) is 0.777. The SMILES string of the molecule is CC1(C)CCN(c2ncc(N)cc2C#N)C1. The molecule has 4 nitrogen and oxygen atoms in total. The standard InChI is InChI=1S/C12H16N4/c1-12(2)3-4-16(8-12)11-9(6-13)5-10(14)7-15-11/h5,7H,3-4,8,14H2,1-2H3. The van der Waals surface area contributed by atoms with E-state index in [9.17, 15) is 0 Å². The summed E-state index contributed by atoms with van der Waals surface area (Å²) < 4.78 is 0. The van der Waals surface area contributed by atoms with Gasteiger partial charge in [0.15, 0.2) is 0 Å². The third-order valence-electron chi connectivity index (χ3n) is 2.99. The Hall–Kier alpha value is -1.76. The van der Waals surface area contributed by atoms with Gasteiger partial charge in [0.2, 0.25) is 0 Å². The lowest BCUT2D eigenvalue weighted by atomic mass is 9.93. The Morgan fingerprint density at radius 2 is 2.31 bits per heavy atom. The molecule has 0 amide bonds. The minimum atomic E-state index is 0.301. The number of nitrogen functional groups attached to an aromatic ring is 1. The van der Waals surface area contributed by atoms with Gasteiger partial charge < -0.3 is 10.6 Å². The van der Waals surface area contributed by atoms with E-state index >= 15 is 0 Å². The summed E-state index contributed by atoms with van der Waals surface area (Å²) in [6, 6.07) is 3.84. The first-order chi connectivity index (χ1) is 7.52. The van der Waals surface area contributed by atoms with E-state index in [1.165, 1.54) is 0 Å². The van der Waals surface area contributed by atoms with Crippen LogP contribution in [-0.4, -0.2) is 18.1 Å². The van der Waals surface area contributed by atoms with E-state index in [0.717, 1.165) is 25.3 Å². The lowest BCUT2D eigenvalue weighted by Crippen LogP contribution is -2.24. The Morgan fingerprint density at radius 3 is 2.88 bits per heavy atom. The second-order valence-electron chi connectivity index (χ2n) is 5.09. The van der Waals surface area contributed by atoms with Crippen LogP contribution in [0.25, 0.3) is 0 Å². The molecule has 1 aromatic heterocycles. The third kappa shape index (κ3) is 1.94. The Labute approximate surface area is 95.7 Å². The van der Waals surface area contributed by atoms with Crippen molar-refractivity contribution >= 4 is 11.5 Å². The molecular weight excluding hydrogens is 200 g/mol. The average Bonchev–Trinajstić information content (AvgIpc) is 2.58. The second kappa shape index (κ2) is 3.67. The van der Waals surface area contributed by atoms with E-state index in [0.29, 0.717) is 16.7 Å². The molecule has 84 valence electrons. The van der Waals surface area contributed by atoms with Crippen molar-refractivity contribution in [3.63, 3.8) is 0 Å². The number of hydrogen-bond donors (Lipinski definition) is 1. The van der Waals surface area contributed by atoms with Crippen molar-refractivity contribution in [1.29, 1.82) is 5.26 Å². The molecule has 0 unspecified atom stereocenters. The normalized spacial score (nSPS) is 18.4. The maximum Gasteiger partial charge on any atom is 0.146 e. The van der Waals surface area contributed by atoms with Crippen LogP contribution in [-0.2, 0) is 0 Å². The van der Waals surface area contributed by atoms with Crippen LogP contribution in [0.2, 0.25) is 0 Å². The number of nitrogens with two attached hydrogens (primary N) is 1. The summed E-state index contributed by atoms with van der Waals surface area (Å²) in [5.41, 5.74) is 7.03. The van der Waals surface area contributed by atoms with Crippen molar-refractivity contribution in [3.05, 3.63) is 17.8 Å². The first kappa shape index (κ1) is 10.7. The number of pyridine rings is 1. The predicted octanol–water partition coefficient (Wildman–Crippen LogP) is 1.77. The van der Waals surface area contributed by atoms with Crippen molar-refractivity contribution in [3.8, 4) is 6.07 Å². The summed E-state index contributed by atoms with van der Waals surface area (Å²) in [4.78, 5) is 6.44. The van der Waals surface area contributed by atoms with Crippen LogP contribution in [0.3, 0.4) is 0 Å². The first-order valence-electron chi connectivity index (χ1n) is 5.42. The molecule has 0 aliphatic carbocycles. The van der Waals surface area contributed by atoms with Gasteiger partial charge >= 0.3 is 0 Å². The molecule has 0 spiro atoms. The average molecular weight is 216 g/mol. The summed E-state index contributed by atoms with van der Waals surface area (Å²) >= 11 is 0. The van der Waals surface area contributed by atoms with E-state index in [-0.39, 0.29) is 0 Å². The van der Waals surface area contributed by atoms with E-state index in [1.807, 2.05) is 0 Å². The van der Waals surface area contributed by atoms with Crippen molar-refractivity contribution in [2.45, 2.75) is 20.3 Å². The smallest absolute Gasteiger partial charge is 0.146 e. The van der Waals surface area contributed by atoms with Gasteiger partial charge in [-0.15, -0.1) is 0 Å². The number of hydrogen-bond acceptors (Lipinski definition) is 4. The highest BCUT2D eigenvalue weighted by molar-refractivity contribution is 5.59. The van der Waals surface area contributed by atoms with Crippen molar-refractivity contribution in [1.82, 2.24) is 4.98 Å². The molecule has 1 aliphatic heterocycles. The predicted molar refractivity (Wildman–Crippen MR) is 64.0 cm³/mol. The molecule has 2 rings (SSSR count). The second-order valence-corrected chi connectivity index (χ2v) is 5.09. The molecule has 0 atom stereocenters. The van der Waals surface area contributed by atoms with Crippen molar-refractivity contribution < 1.29 is 0 Å². The van der Waals surface area contributed by atoms with Crippen LogP contribution in [0.1, 0.15) is 25.8 Å². The van der Waals surface area contributed by atoms with E-state index in [4.69, 9.17) is 11.0 Å². The largest absolute Gasteiger partial charge is 0.397 e. The zero-order valence-corrected chi connectivity index (χ0v) is 9.70. The minimum Gasteiger partial charge on any atom is -0.397 e. The fourth-order valence-corrected chi connectivity index (χ4v) is 2.10. The zero-order valence-electron chi connectivity index (χ0n) is 9.70. The maximum absolute atomic E-state index is 9.06. The lowest BCUT2D eigenvalue weighted by Gasteiger charge is -2.21. The number of nitrogens with zero attached hydrogens (tertiary/aromatic N) is 3. The number of nitriles is 1. The van der Waals surface area contributed by atoms with Crippen LogP contribution in [0, 0.1) is 16.7 Å². The molecule has 0 bridgehead atoms. The fraction of sp³-hybridized carbons (Fsp3) is 0.500. The number of aromatic nitrogens is 1. The minimum absolute atomic E-state index is 0.301. The molecule has 16 heavy (non-hydrogen) atoms. The summed E-state index contributed by atoms with van der Waals surface area (Å²) in [5.74, 6) is 0.766. The molecule has 0 aromatic carbocycles. The molecule has 1 aromatic rings. The monoisotopic (exact) mass is 216 g/mol. The Balaban J connectivity index is 2.32. The molecule has 1 aliphatic rings. The Kier molecular flexibility index (Phi) is 2.47. The van der Waals surface area contributed by atoms with Crippen molar-refractivity contribution in [2.24, 2.45) is 5.41 Å². The van der Waals surface area contributed by atoms with Gasteiger partial charge in [-0.3, -0.25) is 0 Å². The van der Waals surface area contributed by atoms with Gasteiger partial charge in [0.25, 0.3) is 0 Å². The summed E-state index contributed by atoms with van der Waals surface area (Å²) in [5, 5.41) is 9.06. The lowest BCUT2D eigenvalue weighted by molar-refractivity contribution is 0.418. The van der Waals surface area contributed by atoms with Gasteiger partial charge in [-0.2, -0.15) is 5.26 Å². The number of rotatable bonds is 1. The van der Waals surface area contributed by atoms with Gasteiger partial charge in [-0.05, 0) is 17.9 Å². The topological polar surface area (TPSA) is 65.9 Å². The van der Waals surface area contributed by atoms with Crippen molar-refractivity contribution in [2.75, 3.05) is 23.7 Å². The highest BCUT2D eigenvalue weighted by atomic mass is 15.2. The molecular formula is C12H16N4. The van der Waals surface area contributed by atoms with Gasteiger partial charge in [0.05, 0.1) is 17.4 Å². The van der Waals surface area contributed by atoms with Gasteiger partial charge in [0.1, 0.15) is 11.9 Å². The summed E-state index contributed by atoms with van der Waals surface area (Å²) in [6.07, 6.45) is 2.74. The maximum atomic E-state index is 9.06. The van der Waals surface area contributed by atoms with Crippen LogP contribution in [0.5, 0.6) is 0 Å². The molecule has 1 saturated heterocycles. The van der Waals surface area contributed by atoms with Crippen LogP contribution >= 0.6 is 0 Å². The van der Waals surface area contributed by atoms with Crippen LogP contribution in [0.15, 0.2) is 12.3 Å². The molecule has 0 saturated carbocycles. The van der Waals surface area contributed by atoms with E-state index < -0.39 is 0 Å². The fourth-order valence-electron chi connectivity index (χ4n) is 2.10. The highest BCUT2D eigenvalue weighted by Gasteiger charge is 2.30. The van der Waals surface area contributed by atoms with E-state index in [2.05, 4.69) is 29.8 Å². The summed E-state index contributed by atoms with van der Waals surface area (Å²) in [7, 11) is 0. The molecule has 0 radical (unpaired) electrons. The van der Waals surface area contributed by atoms with Gasteiger partial charge in [-0.25, -0.2) is 4.98 Å². The third-order valence-corrected chi connectivity index (χ3v) is 2.99. The van der Waals surface area contributed by atoms with E-state index in [1.54, 1.807) is 12.3 Å². The van der Waals surface area contributed by atoms with Crippen LogP contribution in [0.4, 0.5) is 11.5 Å². The summed E-state index contributed by atoms with van der Waals surface area (Å²) in [6.45, 7) is 6.36. The van der Waals surface area contributed by atoms with Crippen LogP contribution < -0.4 is 10.6 Å². The molecule has 1 fully saturated rings. The zero-order chi connectivity index (χ0) is 11.8. The highest BCUT2D eigenvalue weighted by Crippen LogP contribution is 2.33. The van der Waals surface area contributed by atoms with Gasteiger partial charge in [0, 0.05) is 13.1 Å². The molecule has 2 N–H and O–H groups in total. The Morgan fingerprint density at radius 1 is 1.56 bits per heavy atom. The Bertz CT molecular complexity index is 445. The molecule has 2 heterocycles. The molecule has 4 heteroatoms. The first-order valence-corrected chi connectivity index (χ1v) is 5.42.